The van der Waals surface area contributed by atoms with Crippen molar-refractivity contribution in [1.29, 1.82) is 0 Å². The minimum absolute atomic E-state index is 0.706. The molecule has 0 aromatic carbocycles. The zero-order chi connectivity index (χ0) is 9.23. The first-order valence-corrected chi connectivity index (χ1v) is 4.08. The molecule has 0 aliphatic carbocycles. The van der Waals surface area contributed by atoms with Crippen LogP contribution in [0.3, 0.4) is 0 Å². The molecule has 1 nitrogen and oxygen atoms in total. The fourth-order valence-corrected chi connectivity index (χ4v) is 0.686. The Bertz CT molecular complexity index is 197. The van der Waals surface area contributed by atoms with Crippen LogP contribution in [0.2, 0.25) is 0 Å². The van der Waals surface area contributed by atoms with Gasteiger partial charge in [0.2, 0.25) is 0 Å². The molecule has 1 heteroatoms. The Morgan fingerprint density at radius 1 is 1.50 bits per heavy atom. The first-order chi connectivity index (χ1) is 5.85. The summed E-state index contributed by atoms with van der Waals surface area (Å²) in [6, 6.07) is 0. The standard InChI is InChI=1S/C11H16O/c1-4-8-11(5-2)9-7-10-12-6-3/h4-5,7-10H,2,6H2,1,3H3/b8-4-,10-7+,11-9-. The van der Waals surface area contributed by atoms with Gasteiger partial charge in [-0.2, -0.15) is 0 Å². The van der Waals surface area contributed by atoms with E-state index in [9.17, 15) is 0 Å². The monoisotopic (exact) mass is 164 g/mol. The van der Waals surface area contributed by atoms with E-state index in [1.165, 1.54) is 0 Å². The lowest BCUT2D eigenvalue weighted by molar-refractivity contribution is 0.269. The molecule has 0 fully saturated rings. The van der Waals surface area contributed by atoms with Crippen LogP contribution in [0.5, 0.6) is 0 Å². The molecule has 0 rings (SSSR count). The van der Waals surface area contributed by atoms with Gasteiger partial charge in [0.1, 0.15) is 0 Å². The summed E-state index contributed by atoms with van der Waals surface area (Å²) in [5.74, 6) is 0. The van der Waals surface area contributed by atoms with Crippen molar-refractivity contribution in [3.8, 4) is 0 Å². The summed E-state index contributed by atoms with van der Waals surface area (Å²) >= 11 is 0. The summed E-state index contributed by atoms with van der Waals surface area (Å²) in [5.41, 5.74) is 1.08. The van der Waals surface area contributed by atoms with Crippen LogP contribution in [0.15, 0.2) is 48.8 Å². The molecular formula is C11H16O. The van der Waals surface area contributed by atoms with Crippen molar-refractivity contribution in [2.45, 2.75) is 13.8 Å². The van der Waals surface area contributed by atoms with Crippen LogP contribution in [-0.2, 0) is 4.74 Å². The number of rotatable bonds is 5. The summed E-state index contributed by atoms with van der Waals surface area (Å²) in [7, 11) is 0. The SMILES string of the molecule is C=CC(/C=C\C)=C/C=C/OCC. The number of allylic oxidation sites excluding steroid dienone is 6. The van der Waals surface area contributed by atoms with Crippen molar-refractivity contribution in [1.82, 2.24) is 0 Å². The fourth-order valence-electron chi connectivity index (χ4n) is 0.686. The molecule has 0 aliphatic heterocycles. The lowest BCUT2D eigenvalue weighted by Crippen LogP contribution is -1.75. The Morgan fingerprint density at radius 3 is 2.75 bits per heavy atom. The second-order valence-corrected chi connectivity index (χ2v) is 2.15. The lowest BCUT2D eigenvalue weighted by Gasteiger charge is -1.91. The summed E-state index contributed by atoms with van der Waals surface area (Å²) in [6.45, 7) is 8.32. The maximum Gasteiger partial charge on any atom is 0.0845 e. The van der Waals surface area contributed by atoms with Gasteiger partial charge < -0.3 is 4.74 Å². The van der Waals surface area contributed by atoms with E-state index >= 15 is 0 Å². The van der Waals surface area contributed by atoms with Crippen LogP contribution >= 0.6 is 0 Å². The van der Waals surface area contributed by atoms with E-state index in [2.05, 4.69) is 6.58 Å². The lowest BCUT2D eigenvalue weighted by atomic mass is 10.2. The number of ether oxygens (including phenoxy) is 1. The molecule has 0 aromatic heterocycles. The van der Waals surface area contributed by atoms with E-state index in [4.69, 9.17) is 4.74 Å². The van der Waals surface area contributed by atoms with Gasteiger partial charge in [-0.3, -0.25) is 0 Å². The average Bonchev–Trinajstić information content (AvgIpc) is 2.10. The molecule has 0 aromatic rings. The van der Waals surface area contributed by atoms with Crippen LogP contribution in [-0.4, -0.2) is 6.61 Å². The van der Waals surface area contributed by atoms with Crippen molar-refractivity contribution in [2.75, 3.05) is 6.61 Å². The highest BCUT2D eigenvalue weighted by atomic mass is 16.5. The molecule has 0 saturated carbocycles. The Kier molecular flexibility index (Phi) is 7.05. The van der Waals surface area contributed by atoms with Gasteiger partial charge in [0.05, 0.1) is 12.9 Å². The third-order valence-electron chi connectivity index (χ3n) is 1.22. The van der Waals surface area contributed by atoms with Gasteiger partial charge >= 0.3 is 0 Å². The number of hydrogen-bond donors (Lipinski definition) is 0. The van der Waals surface area contributed by atoms with Gasteiger partial charge in [-0.1, -0.05) is 30.9 Å². The zero-order valence-corrected chi connectivity index (χ0v) is 7.79. The van der Waals surface area contributed by atoms with Gasteiger partial charge in [0, 0.05) is 0 Å². The van der Waals surface area contributed by atoms with Crippen LogP contribution in [0, 0.1) is 0 Å². The van der Waals surface area contributed by atoms with E-state index in [0.717, 1.165) is 5.57 Å². The maximum absolute atomic E-state index is 5.02. The van der Waals surface area contributed by atoms with E-state index in [1.807, 2.05) is 38.2 Å². The van der Waals surface area contributed by atoms with Crippen molar-refractivity contribution in [2.24, 2.45) is 0 Å². The summed E-state index contributed by atoms with van der Waals surface area (Å²) in [6.07, 6.45) is 11.2. The molecule has 0 atom stereocenters. The van der Waals surface area contributed by atoms with Gasteiger partial charge in [0.15, 0.2) is 0 Å². The summed E-state index contributed by atoms with van der Waals surface area (Å²) in [4.78, 5) is 0. The molecule has 66 valence electrons. The van der Waals surface area contributed by atoms with Crippen molar-refractivity contribution in [3.05, 3.63) is 48.8 Å². The maximum atomic E-state index is 5.02. The predicted molar refractivity (Wildman–Crippen MR) is 53.9 cm³/mol. The van der Waals surface area contributed by atoms with E-state index in [0.29, 0.717) is 6.61 Å². The van der Waals surface area contributed by atoms with E-state index in [1.54, 1.807) is 12.3 Å². The Hall–Kier alpha value is -1.24. The Labute approximate surface area is 74.7 Å². The topological polar surface area (TPSA) is 9.23 Å². The van der Waals surface area contributed by atoms with Crippen LogP contribution < -0.4 is 0 Å². The molecule has 0 aliphatic rings. The number of hydrogen-bond acceptors (Lipinski definition) is 1. The van der Waals surface area contributed by atoms with Crippen LogP contribution in [0.1, 0.15) is 13.8 Å². The molecule has 0 amide bonds. The van der Waals surface area contributed by atoms with Gasteiger partial charge in [-0.25, -0.2) is 0 Å². The first-order valence-electron chi connectivity index (χ1n) is 4.08. The quantitative estimate of drug-likeness (QED) is 0.448. The fraction of sp³-hybridized carbons (Fsp3) is 0.273. The molecule has 0 saturated heterocycles. The second-order valence-electron chi connectivity index (χ2n) is 2.15. The van der Waals surface area contributed by atoms with Crippen molar-refractivity contribution < 1.29 is 4.74 Å². The third-order valence-corrected chi connectivity index (χ3v) is 1.22. The average molecular weight is 164 g/mol. The summed E-state index contributed by atoms with van der Waals surface area (Å²) in [5, 5.41) is 0. The third kappa shape index (κ3) is 5.54. The Balaban J connectivity index is 4.01. The van der Waals surface area contributed by atoms with Crippen molar-refractivity contribution >= 4 is 0 Å². The van der Waals surface area contributed by atoms with Gasteiger partial charge in [-0.15, -0.1) is 0 Å². The molecular weight excluding hydrogens is 148 g/mol. The molecule has 12 heavy (non-hydrogen) atoms. The normalized spacial score (nSPS) is 12.7. The minimum Gasteiger partial charge on any atom is -0.501 e. The zero-order valence-electron chi connectivity index (χ0n) is 7.79. The molecule has 0 spiro atoms. The van der Waals surface area contributed by atoms with Gasteiger partial charge in [-0.05, 0) is 25.5 Å². The predicted octanol–water partition coefficient (Wildman–Crippen LogP) is 3.23. The summed E-state index contributed by atoms with van der Waals surface area (Å²) < 4.78 is 5.02. The second kappa shape index (κ2) is 7.86. The largest absolute Gasteiger partial charge is 0.501 e. The minimum atomic E-state index is 0.706. The molecule has 0 unspecified atom stereocenters. The molecule has 0 bridgehead atoms. The Morgan fingerprint density at radius 2 is 2.25 bits per heavy atom. The highest BCUT2D eigenvalue weighted by molar-refractivity contribution is 5.31. The first kappa shape index (κ1) is 10.8. The van der Waals surface area contributed by atoms with E-state index in [-0.39, 0.29) is 0 Å². The van der Waals surface area contributed by atoms with Crippen LogP contribution in [0.4, 0.5) is 0 Å². The van der Waals surface area contributed by atoms with Gasteiger partial charge in [0.25, 0.3) is 0 Å². The van der Waals surface area contributed by atoms with Crippen molar-refractivity contribution in [3.63, 3.8) is 0 Å². The highest BCUT2D eigenvalue weighted by Crippen LogP contribution is 1.98. The highest BCUT2D eigenvalue weighted by Gasteiger charge is 1.78. The molecule has 0 radical (unpaired) electrons. The van der Waals surface area contributed by atoms with Crippen LogP contribution in [0.25, 0.3) is 0 Å². The smallest absolute Gasteiger partial charge is 0.0845 e. The molecule has 0 heterocycles. The van der Waals surface area contributed by atoms with E-state index < -0.39 is 0 Å². The molecule has 0 N–H and O–H groups in total.